The van der Waals surface area contributed by atoms with Crippen molar-refractivity contribution in [3.63, 3.8) is 0 Å². The number of para-hydroxylation sites is 1. The maximum absolute atomic E-state index is 9.03. The van der Waals surface area contributed by atoms with Crippen LogP contribution in [0.4, 0.5) is 0 Å². The van der Waals surface area contributed by atoms with Crippen LogP contribution in [-0.2, 0) is 6.61 Å². The summed E-state index contributed by atoms with van der Waals surface area (Å²) in [6, 6.07) is 11.7. The van der Waals surface area contributed by atoms with Crippen molar-refractivity contribution in [2.75, 3.05) is 0 Å². The van der Waals surface area contributed by atoms with E-state index in [1.54, 1.807) is 4.68 Å². The second kappa shape index (κ2) is 3.70. The smallest absolute Gasteiger partial charge is 0.120 e. The second-order valence-electron chi connectivity index (χ2n) is 3.39. The van der Waals surface area contributed by atoms with Gasteiger partial charge in [0.15, 0.2) is 0 Å². The molecule has 1 N–H and O–H groups in total. The Morgan fingerprint density at radius 2 is 2.06 bits per heavy atom. The van der Waals surface area contributed by atoms with Gasteiger partial charge in [-0.05, 0) is 24.3 Å². The van der Waals surface area contributed by atoms with Crippen LogP contribution in [0.5, 0.6) is 0 Å². The van der Waals surface area contributed by atoms with Crippen molar-refractivity contribution < 1.29 is 5.11 Å². The van der Waals surface area contributed by atoms with Gasteiger partial charge in [-0.1, -0.05) is 17.3 Å². The van der Waals surface area contributed by atoms with Gasteiger partial charge in [-0.3, -0.25) is 0 Å². The normalized spacial score (nSPS) is 11.1. The van der Waals surface area contributed by atoms with E-state index in [9.17, 15) is 0 Å². The molecule has 0 unspecified atom stereocenters. The number of thiophene rings is 1. The van der Waals surface area contributed by atoms with Crippen molar-refractivity contribution in [1.82, 2.24) is 15.0 Å². The number of aliphatic hydroxyl groups is 1. The highest BCUT2D eigenvalue weighted by molar-refractivity contribution is 7.14. The molecule has 0 aliphatic rings. The van der Waals surface area contributed by atoms with Crippen molar-refractivity contribution in [3.8, 4) is 5.00 Å². The first kappa shape index (κ1) is 9.50. The molecule has 0 bridgehead atoms. The van der Waals surface area contributed by atoms with Crippen LogP contribution in [0.2, 0.25) is 0 Å². The summed E-state index contributed by atoms with van der Waals surface area (Å²) < 4.78 is 1.79. The van der Waals surface area contributed by atoms with Crippen LogP contribution in [0.25, 0.3) is 16.0 Å². The number of rotatable bonds is 2. The number of benzene rings is 1. The molecule has 0 aliphatic carbocycles. The van der Waals surface area contributed by atoms with Crippen LogP contribution >= 0.6 is 11.3 Å². The number of aliphatic hydroxyl groups excluding tert-OH is 1. The molecular weight excluding hydrogens is 222 g/mol. The monoisotopic (exact) mass is 231 g/mol. The number of nitrogens with zero attached hydrogens (tertiary/aromatic N) is 3. The molecule has 0 saturated heterocycles. The fourth-order valence-electron chi connectivity index (χ4n) is 1.60. The van der Waals surface area contributed by atoms with E-state index in [2.05, 4.69) is 10.3 Å². The first-order valence-electron chi connectivity index (χ1n) is 4.89. The van der Waals surface area contributed by atoms with Gasteiger partial charge in [0.25, 0.3) is 0 Å². The summed E-state index contributed by atoms with van der Waals surface area (Å²) in [5.74, 6) is 0. The molecule has 1 aromatic carbocycles. The first-order valence-corrected chi connectivity index (χ1v) is 5.70. The van der Waals surface area contributed by atoms with E-state index in [1.165, 1.54) is 11.3 Å². The zero-order chi connectivity index (χ0) is 11.0. The Bertz CT molecular complexity index is 629. The van der Waals surface area contributed by atoms with Gasteiger partial charge in [-0.25, -0.2) is 4.68 Å². The fraction of sp³-hybridized carbons (Fsp3) is 0.0909. The lowest BCUT2D eigenvalue weighted by molar-refractivity contribution is 0.285. The highest BCUT2D eigenvalue weighted by atomic mass is 32.1. The van der Waals surface area contributed by atoms with Crippen molar-refractivity contribution in [3.05, 3.63) is 41.3 Å². The summed E-state index contributed by atoms with van der Waals surface area (Å²) in [5.41, 5.74) is 1.86. The number of hydrogen-bond donors (Lipinski definition) is 1. The van der Waals surface area contributed by atoms with Gasteiger partial charge in [-0.2, -0.15) is 0 Å². The van der Waals surface area contributed by atoms with Crippen molar-refractivity contribution in [2.24, 2.45) is 0 Å². The average Bonchev–Trinajstić information content (AvgIpc) is 2.94. The molecule has 80 valence electrons. The molecule has 0 saturated carbocycles. The van der Waals surface area contributed by atoms with E-state index in [0.29, 0.717) is 0 Å². The molecule has 16 heavy (non-hydrogen) atoms. The van der Waals surface area contributed by atoms with Crippen LogP contribution in [0.3, 0.4) is 0 Å². The number of hydrogen-bond acceptors (Lipinski definition) is 4. The van der Waals surface area contributed by atoms with Crippen LogP contribution in [0.1, 0.15) is 4.88 Å². The van der Waals surface area contributed by atoms with Crippen LogP contribution in [-0.4, -0.2) is 20.1 Å². The van der Waals surface area contributed by atoms with E-state index >= 15 is 0 Å². The number of fused-ring (bicyclic) bond motifs is 1. The summed E-state index contributed by atoms with van der Waals surface area (Å²) in [4.78, 5) is 0.926. The lowest BCUT2D eigenvalue weighted by Gasteiger charge is -1.96. The third-order valence-corrected chi connectivity index (χ3v) is 3.41. The molecule has 3 aromatic rings. The summed E-state index contributed by atoms with van der Waals surface area (Å²) in [5, 5.41) is 18.2. The molecule has 0 spiro atoms. The molecule has 0 fully saturated rings. The summed E-state index contributed by atoms with van der Waals surface area (Å²) in [7, 11) is 0. The Labute approximate surface area is 95.8 Å². The molecule has 0 radical (unpaired) electrons. The van der Waals surface area contributed by atoms with E-state index < -0.39 is 0 Å². The lowest BCUT2D eigenvalue weighted by Crippen LogP contribution is -1.92. The standard InChI is InChI=1S/C11H9N3OS/c15-7-8-5-6-11(16-8)14-10-4-2-1-3-9(10)12-13-14/h1-6,15H,7H2. The second-order valence-corrected chi connectivity index (χ2v) is 4.53. The Morgan fingerprint density at radius 3 is 2.88 bits per heavy atom. The zero-order valence-electron chi connectivity index (χ0n) is 8.37. The van der Waals surface area contributed by atoms with Gasteiger partial charge in [0.1, 0.15) is 10.5 Å². The van der Waals surface area contributed by atoms with Gasteiger partial charge < -0.3 is 5.11 Å². The predicted octanol–water partition coefficient (Wildman–Crippen LogP) is 1.97. The SMILES string of the molecule is OCc1ccc(-n2nnc3ccccc32)s1. The van der Waals surface area contributed by atoms with E-state index in [1.807, 2.05) is 36.4 Å². The minimum Gasteiger partial charge on any atom is -0.391 e. The first-order chi connectivity index (χ1) is 7.88. The molecule has 5 heteroatoms. The number of aromatic nitrogens is 3. The van der Waals surface area contributed by atoms with Crippen molar-refractivity contribution in [1.29, 1.82) is 0 Å². The minimum absolute atomic E-state index is 0.0668. The Hall–Kier alpha value is -1.72. The molecule has 2 heterocycles. The zero-order valence-corrected chi connectivity index (χ0v) is 9.18. The molecule has 3 rings (SSSR count). The van der Waals surface area contributed by atoms with E-state index in [0.717, 1.165) is 20.9 Å². The lowest BCUT2D eigenvalue weighted by atomic mass is 10.3. The van der Waals surface area contributed by atoms with Crippen LogP contribution < -0.4 is 0 Å². The van der Waals surface area contributed by atoms with Gasteiger partial charge in [-0.15, -0.1) is 16.4 Å². The Kier molecular flexibility index (Phi) is 2.19. The molecule has 4 nitrogen and oxygen atoms in total. The van der Waals surface area contributed by atoms with Crippen molar-refractivity contribution in [2.45, 2.75) is 6.61 Å². The van der Waals surface area contributed by atoms with Gasteiger partial charge in [0.2, 0.25) is 0 Å². The summed E-state index contributed by atoms with van der Waals surface area (Å²) in [6.45, 7) is 0.0668. The quantitative estimate of drug-likeness (QED) is 0.733. The van der Waals surface area contributed by atoms with Gasteiger partial charge >= 0.3 is 0 Å². The third-order valence-electron chi connectivity index (χ3n) is 2.36. The predicted molar refractivity (Wildman–Crippen MR) is 62.7 cm³/mol. The topological polar surface area (TPSA) is 50.9 Å². The van der Waals surface area contributed by atoms with Gasteiger partial charge in [0, 0.05) is 4.88 Å². The minimum atomic E-state index is 0.0668. The largest absolute Gasteiger partial charge is 0.391 e. The molecule has 0 aliphatic heterocycles. The highest BCUT2D eigenvalue weighted by Crippen LogP contribution is 2.23. The van der Waals surface area contributed by atoms with Crippen LogP contribution in [0.15, 0.2) is 36.4 Å². The molecule has 0 amide bonds. The van der Waals surface area contributed by atoms with E-state index in [4.69, 9.17) is 5.11 Å². The van der Waals surface area contributed by atoms with Crippen LogP contribution in [0, 0.1) is 0 Å². The van der Waals surface area contributed by atoms with E-state index in [-0.39, 0.29) is 6.61 Å². The maximum Gasteiger partial charge on any atom is 0.120 e. The molecule has 0 atom stereocenters. The fourth-order valence-corrected chi connectivity index (χ4v) is 2.42. The molecular formula is C11H9N3OS. The summed E-state index contributed by atoms with van der Waals surface area (Å²) in [6.07, 6.45) is 0. The van der Waals surface area contributed by atoms with Gasteiger partial charge in [0.05, 0.1) is 12.1 Å². The Balaban J connectivity index is 2.18. The summed E-state index contributed by atoms with van der Waals surface area (Å²) >= 11 is 1.52. The molecule has 2 aromatic heterocycles. The van der Waals surface area contributed by atoms with Crippen molar-refractivity contribution >= 4 is 22.4 Å². The average molecular weight is 231 g/mol. The Morgan fingerprint density at radius 1 is 1.19 bits per heavy atom. The maximum atomic E-state index is 9.03. The highest BCUT2D eigenvalue weighted by Gasteiger charge is 2.07. The third kappa shape index (κ3) is 1.41.